The molecule has 1 amide bonds. The number of ketones is 1. The predicted molar refractivity (Wildman–Crippen MR) is 150 cm³/mol. The van der Waals surface area contributed by atoms with Crippen molar-refractivity contribution in [1.29, 1.82) is 0 Å². The van der Waals surface area contributed by atoms with Crippen molar-refractivity contribution < 1.29 is 24.2 Å². The molecule has 3 aromatic rings. The van der Waals surface area contributed by atoms with Crippen molar-refractivity contribution >= 4 is 17.8 Å². The molecule has 7 nitrogen and oxygen atoms in total. The summed E-state index contributed by atoms with van der Waals surface area (Å²) in [7, 11) is 0. The van der Waals surface area contributed by atoms with E-state index in [1.807, 2.05) is 49.4 Å². The molecular formula is C32H34N2O5. The maximum absolute atomic E-state index is 13.5. The number of allylic oxidation sites excluding steroid dienone is 1. The molecule has 0 bridgehead atoms. The summed E-state index contributed by atoms with van der Waals surface area (Å²) in [6.07, 6.45) is 9.48. The topological polar surface area (TPSA) is 89.0 Å². The highest BCUT2D eigenvalue weighted by atomic mass is 16.5. The lowest BCUT2D eigenvalue weighted by Crippen LogP contribution is -2.30. The number of unbranched alkanes of at least 4 members (excludes halogenated alkanes) is 2. The molecule has 39 heavy (non-hydrogen) atoms. The lowest BCUT2D eigenvalue weighted by atomic mass is 9.95. The van der Waals surface area contributed by atoms with Gasteiger partial charge in [0.2, 0.25) is 0 Å². The van der Waals surface area contributed by atoms with Crippen LogP contribution < -0.4 is 9.47 Å². The molecule has 4 rings (SSSR count). The Morgan fingerprint density at radius 3 is 2.56 bits per heavy atom. The maximum Gasteiger partial charge on any atom is 0.290 e. The first-order chi connectivity index (χ1) is 19.0. The van der Waals surface area contributed by atoms with E-state index in [9.17, 15) is 14.7 Å². The summed E-state index contributed by atoms with van der Waals surface area (Å²) in [5.74, 6) is -0.480. The minimum Gasteiger partial charge on any atom is -0.503 e. The Morgan fingerprint density at radius 1 is 1.03 bits per heavy atom. The van der Waals surface area contributed by atoms with E-state index in [-0.39, 0.29) is 12.1 Å². The van der Waals surface area contributed by atoms with Crippen molar-refractivity contribution in [2.45, 2.75) is 45.7 Å². The Bertz CT molecular complexity index is 1340. The van der Waals surface area contributed by atoms with Crippen LogP contribution in [-0.2, 0) is 16.1 Å². The van der Waals surface area contributed by atoms with Crippen LogP contribution in [-0.4, -0.2) is 39.9 Å². The van der Waals surface area contributed by atoms with E-state index in [0.29, 0.717) is 30.3 Å². The quantitative estimate of drug-likeness (QED) is 0.210. The molecule has 0 saturated carbocycles. The third-order valence-electron chi connectivity index (χ3n) is 6.46. The minimum atomic E-state index is -0.820. The first-order valence-electron chi connectivity index (χ1n) is 13.3. The molecule has 2 aromatic carbocycles. The van der Waals surface area contributed by atoms with Crippen LogP contribution >= 0.6 is 0 Å². The van der Waals surface area contributed by atoms with Gasteiger partial charge in [-0.2, -0.15) is 0 Å². The molecule has 0 fully saturated rings. The Balaban J connectivity index is 1.71. The highest BCUT2D eigenvalue weighted by molar-refractivity contribution is 6.14. The molecule has 0 radical (unpaired) electrons. The van der Waals surface area contributed by atoms with Crippen molar-refractivity contribution in [2.75, 3.05) is 13.2 Å². The predicted octanol–water partition coefficient (Wildman–Crippen LogP) is 6.23. The Labute approximate surface area is 229 Å². The van der Waals surface area contributed by atoms with Gasteiger partial charge in [0.05, 0.1) is 24.8 Å². The highest BCUT2D eigenvalue weighted by Crippen LogP contribution is 2.42. The molecule has 0 spiro atoms. The number of benzene rings is 2. The smallest absolute Gasteiger partial charge is 0.290 e. The summed E-state index contributed by atoms with van der Waals surface area (Å²) >= 11 is 0. The summed E-state index contributed by atoms with van der Waals surface area (Å²) < 4.78 is 11.9. The molecular weight excluding hydrogens is 492 g/mol. The van der Waals surface area contributed by atoms with Crippen LogP contribution in [0.5, 0.6) is 11.5 Å². The van der Waals surface area contributed by atoms with E-state index in [0.717, 1.165) is 30.4 Å². The lowest BCUT2D eigenvalue weighted by Gasteiger charge is -2.27. The Hall–Kier alpha value is -4.39. The first kappa shape index (κ1) is 27.6. The maximum atomic E-state index is 13.5. The number of aromatic nitrogens is 1. The van der Waals surface area contributed by atoms with Crippen molar-refractivity contribution in [2.24, 2.45) is 0 Å². The van der Waals surface area contributed by atoms with Crippen molar-refractivity contribution in [3.63, 3.8) is 0 Å². The number of rotatable bonds is 13. The van der Waals surface area contributed by atoms with Crippen LogP contribution in [0.25, 0.3) is 6.08 Å². The van der Waals surface area contributed by atoms with E-state index < -0.39 is 23.5 Å². The SMILES string of the molecule is CCCCCOc1ccc(C2C(C(=O)C=Cc3ccccc3)=C(O)C(=O)N2Cc2cccnc2)cc1OCC. The molecule has 0 saturated heterocycles. The van der Waals surface area contributed by atoms with E-state index in [2.05, 4.69) is 11.9 Å². The molecule has 7 heteroatoms. The third-order valence-corrected chi connectivity index (χ3v) is 6.46. The van der Waals surface area contributed by atoms with Gasteiger partial charge in [0.25, 0.3) is 5.91 Å². The molecule has 1 aliphatic heterocycles. The zero-order valence-electron chi connectivity index (χ0n) is 22.4. The standard InChI is InChI=1S/C32H34N2O5/c1-3-5-9-19-39-27-17-15-25(20-28(27)38-4-2)30-29(26(35)16-14-23-11-7-6-8-12-23)31(36)32(37)34(30)22-24-13-10-18-33-21-24/h6-8,10-18,20-21,30,36H,3-5,9,19,22H2,1-2H3. The number of aliphatic hydroxyl groups is 1. The number of pyridine rings is 1. The Morgan fingerprint density at radius 2 is 1.85 bits per heavy atom. The van der Waals surface area contributed by atoms with Crippen molar-refractivity contribution in [3.05, 3.63) is 107 Å². The van der Waals surface area contributed by atoms with E-state index >= 15 is 0 Å². The molecule has 1 aliphatic rings. The van der Waals surface area contributed by atoms with E-state index in [4.69, 9.17) is 9.47 Å². The van der Waals surface area contributed by atoms with Gasteiger partial charge < -0.3 is 19.5 Å². The van der Waals surface area contributed by atoms with Gasteiger partial charge in [0, 0.05) is 18.9 Å². The summed E-state index contributed by atoms with van der Waals surface area (Å²) in [5, 5.41) is 11.0. The van der Waals surface area contributed by atoms with Gasteiger partial charge in [-0.15, -0.1) is 0 Å². The van der Waals surface area contributed by atoms with Gasteiger partial charge >= 0.3 is 0 Å². The van der Waals surface area contributed by atoms with Crippen LogP contribution in [0.15, 0.2) is 90.5 Å². The summed E-state index contributed by atoms with van der Waals surface area (Å²) in [4.78, 5) is 32.5. The fourth-order valence-corrected chi connectivity index (χ4v) is 4.55. The molecule has 2 heterocycles. The Kier molecular flexibility index (Phi) is 9.51. The zero-order chi connectivity index (χ0) is 27.6. The van der Waals surface area contributed by atoms with Crippen molar-refractivity contribution in [3.8, 4) is 11.5 Å². The van der Waals surface area contributed by atoms with Crippen LogP contribution in [0.2, 0.25) is 0 Å². The van der Waals surface area contributed by atoms with E-state index in [1.54, 1.807) is 36.7 Å². The van der Waals surface area contributed by atoms with Gasteiger partial charge in [-0.25, -0.2) is 0 Å². The summed E-state index contributed by atoms with van der Waals surface area (Å²) in [5.41, 5.74) is 2.27. The van der Waals surface area contributed by atoms with Gasteiger partial charge in [-0.3, -0.25) is 14.6 Å². The molecule has 1 aromatic heterocycles. The fourth-order valence-electron chi connectivity index (χ4n) is 4.55. The number of carbonyl (C=O) groups is 2. The molecule has 202 valence electrons. The number of carbonyl (C=O) groups excluding carboxylic acids is 2. The normalized spacial score (nSPS) is 15.3. The molecule has 1 atom stereocenters. The average Bonchev–Trinajstić information content (AvgIpc) is 3.21. The largest absolute Gasteiger partial charge is 0.503 e. The summed E-state index contributed by atoms with van der Waals surface area (Å²) in [6.45, 7) is 5.18. The first-order valence-corrected chi connectivity index (χ1v) is 13.3. The van der Waals surface area contributed by atoms with Gasteiger partial charge in [-0.05, 0) is 54.3 Å². The van der Waals surface area contributed by atoms with Crippen molar-refractivity contribution in [1.82, 2.24) is 9.88 Å². The second-order valence-corrected chi connectivity index (χ2v) is 9.26. The van der Waals surface area contributed by atoms with Crippen LogP contribution in [0, 0.1) is 0 Å². The summed E-state index contributed by atoms with van der Waals surface area (Å²) in [6, 6.07) is 17.6. The molecule has 1 N–H and O–H groups in total. The number of hydrogen-bond donors (Lipinski definition) is 1. The monoisotopic (exact) mass is 526 g/mol. The molecule has 1 unspecified atom stereocenters. The van der Waals surface area contributed by atoms with Gasteiger partial charge in [0.1, 0.15) is 0 Å². The van der Waals surface area contributed by atoms with Crippen LogP contribution in [0.3, 0.4) is 0 Å². The van der Waals surface area contributed by atoms with E-state index in [1.165, 1.54) is 11.0 Å². The van der Waals surface area contributed by atoms with Gasteiger partial charge in [-0.1, -0.05) is 68.3 Å². The minimum absolute atomic E-state index is 0.0233. The van der Waals surface area contributed by atoms with Gasteiger partial charge in [0.15, 0.2) is 23.0 Å². The number of amides is 1. The number of aliphatic hydroxyl groups excluding tert-OH is 1. The second-order valence-electron chi connectivity index (χ2n) is 9.26. The second kappa shape index (κ2) is 13.4. The van der Waals surface area contributed by atoms with Crippen LogP contribution in [0.1, 0.15) is 55.8 Å². The number of ether oxygens (including phenoxy) is 2. The third kappa shape index (κ3) is 6.74. The average molecular weight is 527 g/mol. The number of hydrogen-bond acceptors (Lipinski definition) is 6. The molecule has 0 aliphatic carbocycles. The van der Waals surface area contributed by atoms with Crippen LogP contribution in [0.4, 0.5) is 0 Å². The zero-order valence-corrected chi connectivity index (χ0v) is 22.4. The highest BCUT2D eigenvalue weighted by Gasteiger charge is 2.43. The number of nitrogens with zero attached hydrogens (tertiary/aromatic N) is 2. The fraction of sp³-hybridized carbons (Fsp3) is 0.281. The lowest BCUT2D eigenvalue weighted by molar-refractivity contribution is -0.130.